The largest absolute Gasteiger partial charge is 0.316 e. The van der Waals surface area contributed by atoms with Crippen molar-refractivity contribution < 1.29 is 4.39 Å². The molecule has 1 aromatic carbocycles. The van der Waals surface area contributed by atoms with E-state index >= 15 is 0 Å². The average Bonchev–Trinajstić information content (AvgIpc) is 2.22. The van der Waals surface area contributed by atoms with E-state index in [0.717, 1.165) is 12.0 Å². The van der Waals surface area contributed by atoms with E-state index in [1.54, 1.807) is 6.07 Å². The van der Waals surface area contributed by atoms with Crippen LogP contribution in [-0.4, -0.2) is 13.1 Å². The summed E-state index contributed by atoms with van der Waals surface area (Å²) in [4.78, 5) is 0. The minimum absolute atomic E-state index is 0.106. The number of rotatable bonds is 2. The van der Waals surface area contributed by atoms with E-state index in [1.807, 2.05) is 26.1 Å². The zero-order chi connectivity index (χ0) is 11.9. The summed E-state index contributed by atoms with van der Waals surface area (Å²) in [7, 11) is 2.01. The fraction of sp³-hybridized carbons (Fsp3) is 0.571. The van der Waals surface area contributed by atoms with Gasteiger partial charge >= 0.3 is 0 Å². The average molecular weight is 221 g/mol. The number of nitrogens with one attached hydrogen (secondary N) is 1. The van der Waals surface area contributed by atoms with Crippen LogP contribution >= 0.6 is 0 Å². The van der Waals surface area contributed by atoms with Crippen molar-refractivity contribution in [2.45, 2.75) is 39.2 Å². The molecule has 0 saturated heterocycles. The maximum Gasteiger partial charge on any atom is 0.126 e. The Morgan fingerprint density at radius 1 is 1.38 bits per heavy atom. The number of hydrogen-bond donors (Lipinski definition) is 1. The second-order valence-electron chi connectivity index (χ2n) is 5.46. The zero-order valence-corrected chi connectivity index (χ0v) is 10.5. The molecule has 1 nitrogen and oxygen atoms in total. The Bertz CT molecular complexity index is 398. The first-order chi connectivity index (χ1) is 7.46. The summed E-state index contributed by atoms with van der Waals surface area (Å²) < 4.78 is 13.2. The summed E-state index contributed by atoms with van der Waals surface area (Å²) in [6, 6.07) is 6.09. The van der Waals surface area contributed by atoms with Crippen molar-refractivity contribution in [1.29, 1.82) is 0 Å². The lowest BCUT2D eigenvalue weighted by molar-refractivity contribution is 0.0751. The Labute approximate surface area is 97.1 Å². The third-order valence-electron chi connectivity index (χ3n) is 4.20. The van der Waals surface area contributed by atoms with Crippen molar-refractivity contribution in [3.05, 3.63) is 35.1 Å². The molecule has 1 fully saturated rings. The van der Waals surface area contributed by atoms with Crippen molar-refractivity contribution >= 4 is 0 Å². The number of aryl methyl sites for hydroxylation is 1. The lowest BCUT2D eigenvalue weighted by atomic mass is 9.56. The molecule has 2 heteroatoms. The van der Waals surface area contributed by atoms with Gasteiger partial charge in [0, 0.05) is 6.04 Å². The fourth-order valence-corrected chi connectivity index (χ4v) is 2.87. The molecular weight excluding hydrogens is 201 g/mol. The highest BCUT2D eigenvalue weighted by atomic mass is 19.1. The van der Waals surface area contributed by atoms with E-state index in [4.69, 9.17) is 0 Å². The fourth-order valence-electron chi connectivity index (χ4n) is 2.87. The van der Waals surface area contributed by atoms with Crippen molar-refractivity contribution in [3.63, 3.8) is 0 Å². The highest BCUT2D eigenvalue weighted by Gasteiger charge is 2.47. The minimum Gasteiger partial charge on any atom is -0.316 e. The van der Waals surface area contributed by atoms with E-state index in [1.165, 1.54) is 5.56 Å². The van der Waals surface area contributed by atoms with Gasteiger partial charge < -0.3 is 5.32 Å². The van der Waals surface area contributed by atoms with Gasteiger partial charge in [0.15, 0.2) is 0 Å². The van der Waals surface area contributed by atoms with E-state index in [-0.39, 0.29) is 11.2 Å². The van der Waals surface area contributed by atoms with Crippen LogP contribution in [-0.2, 0) is 0 Å². The number of hydrogen-bond acceptors (Lipinski definition) is 1. The monoisotopic (exact) mass is 221 g/mol. The van der Waals surface area contributed by atoms with Gasteiger partial charge in [0.1, 0.15) is 5.82 Å². The van der Waals surface area contributed by atoms with Gasteiger partial charge in [-0.3, -0.25) is 0 Å². The van der Waals surface area contributed by atoms with Gasteiger partial charge in [0.05, 0.1) is 0 Å². The molecule has 1 saturated carbocycles. The molecule has 2 rings (SSSR count). The molecule has 0 amide bonds. The molecule has 16 heavy (non-hydrogen) atoms. The van der Waals surface area contributed by atoms with Crippen LogP contribution in [0.4, 0.5) is 4.39 Å². The topological polar surface area (TPSA) is 12.0 Å². The molecule has 0 heterocycles. The van der Waals surface area contributed by atoms with Crippen LogP contribution in [0.15, 0.2) is 18.2 Å². The molecular formula is C14H20FN. The van der Waals surface area contributed by atoms with Gasteiger partial charge in [-0.25, -0.2) is 4.39 Å². The van der Waals surface area contributed by atoms with Crippen LogP contribution in [0.3, 0.4) is 0 Å². The summed E-state index contributed by atoms with van der Waals surface area (Å²) in [6.45, 7) is 6.39. The summed E-state index contributed by atoms with van der Waals surface area (Å²) in [5, 5.41) is 3.34. The molecule has 1 aliphatic rings. The summed E-state index contributed by atoms with van der Waals surface area (Å²) >= 11 is 0. The lowest BCUT2D eigenvalue weighted by Crippen LogP contribution is -2.54. The number of benzene rings is 1. The minimum atomic E-state index is -0.106. The van der Waals surface area contributed by atoms with Crippen molar-refractivity contribution in [3.8, 4) is 0 Å². The summed E-state index contributed by atoms with van der Waals surface area (Å²) in [5.41, 5.74) is 2.29. The van der Waals surface area contributed by atoms with Crippen LogP contribution in [0.25, 0.3) is 0 Å². The van der Waals surface area contributed by atoms with Crippen LogP contribution in [0, 0.1) is 18.2 Å². The lowest BCUT2D eigenvalue weighted by Gasteiger charge is -2.52. The van der Waals surface area contributed by atoms with E-state index in [9.17, 15) is 4.39 Å². The van der Waals surface area contributed by atoms with Gasteiger partial charge in [-0.05, 0) is 48.9 Å². The first kappa shape index (κ1) is 11.6. The number of halogens is 1. The molecule has 2 unspecified atom stereocenters. The van der Waals surface area contributed by atoms with Crippen molar-refractivity contribution in [2.24, 2.45) is 5.41 Å². The van der Waals surface area contributed by atoms with Gasteiger partial charge in [0.25, 0.3) is 0 Å². The Balaban J connectivity index is 2.24. The van der Waals surface area contributed by atoms with Crippen molar-refractivity contribution in [2.75, 3.05) is 7.05 Å². The highest BCUT2D eigenvalue weighted by molar-refractivity contribution is 5.31. The molecule has 1 N–H and O–H groups in total. The molecule has 1 aromatic rings. The van der Waals surface area contributed by atoms with E-state index in [0.29, 0.717) is 12.0 Å². The SMILES string of the molecule is CNC1CC(c2ccc(F)c(C)c2)C1(C)C. The Hall–Kier alpha value is -0.890. The first-order valence-electron chi connectivity index (χ1n) is 5.90. The normalized spacial score (nSPS) is 27.6. The van der Waals surface area contributed by atoms with Crippen molar-refractivity contribution in [1.82, 2.24) is 5.32 Å². The quantitative estimate of drug-likeness (QED) is 0.808. The van der Waals surface area contributed by atoms with Crippen LogP contribution < -0.4 is 5.32 Å². The predicted octanol–water partition coefficient (Wildman–Crippen LogP) is 3.24. The molecule has 2 atom stereocenters. The maximum absolute atomic E-state index is 13.2. The molecule has 88 valence electrons. The molecule has 0 aromatic heterocycles. The molecule has 0 aliphatic heterocycles. The Kier molecular flexibility index (Phi) is 2.79. The Morgan fingerprint density at radius 2 is 2.06 bits per heavy atom. The third-order valence-corrected chi connectivity index (χ3v) is 4.20. The standard InChI is InChI=1S/C14H20FN/c1-9-7-10(5-6-12(9)15)11-8-13(16-4)14(11,2)3/h5-7,11,13,16H,8H2,1-4H3. The summed E-state index contributed by atoms with van der Waals surface area (Å²) in [6.07, 6.45) is 1.15. The molecule has 0 bridgehead atoms. The summed E-state index contributed by atoms with van der Waals surface area (Å²) in [5.74, 6) is 0.440. The molecule has 0 radical (unpaired) electrons. The van der Waals surface area contributed by atoms with Gasteiger partial charge in [-0.15, -0.1) is 0 Å². The highest BCUT2D eigenvalue weighted by Crippen LogP contribution is 2.52. The maximum atomic E-state index is 13.2. The molecule has 0 spiro atoms. The first-order valence-corrected chi connectivity index (χ1v) is 5.90. The van der Waals surface area contributed by atoms with Crippen LogP contribution in [0.2, 0.25) is 0 Å². The van der Waals surface area contributed by atoms with E-state index in [2.05, 4.69) is 19.2 Å². The van der Waals surface area contributed by atoms with E-state index < -0.39 is 0 Å². The van der Waals surface area contributed by atoms with Crippen LogP contribution in [0.5, 0.6) is 0 Å². The predicted molar refractivity (Wildman–Crippen MR) is 65.1 cm³/mol. The third kappa shape index (κ3) is 1.65. The van der Waals surface area contributed by atoms with Gasteiger partial charge in [-0.1, -0.05) is 26.0 Å². The Morgan fingerprint density at radius 3 is 2.56 bits per heavy atom. The zero-order valence-electron chi connectivity index (χ0n) is 10.5. The van der Waals surface area contributed by atoms with Crippen LogP contribution in [0.1, 0.15) is 37.3 Å². The molecule has 1 aliphatic carbocycles. The second kappa shape index (κ2) is 3.85. The van der Waals surface area contributed by atoms with Gasteiger partial charge in [0.2, 0.25) is 0 Å². The smallest absolute Gasteiger partial charge is 0.126 e. The van der Waals surface area contributed by atoms with Gasteiger partial charge in [-0.2, -0.15) is 0 Å². The second-order valence-corrected chi connectivity index (χ2v) is 5.46.